The molecule has 1 aliphatic rings. The van der Waals surface area contributed by atoms with Crippen molar-refractivity contribution in [2.24, 2.45) is 11.7 Å². The van der Waals surface area contributed by atoms with Crippen LogP contribution in [0.5, 0.6) is 0 Å². The maximum absolute atomic E-state index is 12.4. The van der Waals surface area contributed by atoms with Gasteiger partial charge in [-0.2, -0.15) is 0 Å². The lowest BCUT2D eigenvalue weighted by Gasteiger charge is -2.42. The van der Waals surface area contributed by atoms with E-state index in [1.165, 1.54) is 6.20 Å². The van der Waals surface area contributed by atoms with Gasteiger partial charge in [-0.05, 0) is 30.9 Å². The fourth-order valence-corrected chi connectivity index (χ4v) is 4.24. The van der Waals surface area contributed by atoms with E-state index in [-0.39, 0.29) is 23.2 Å². The maximum atomic E-state index is 12.4. The summed E-state index contributed by atoms with van der Waals surface area (Å²) in [5.41, 5.74) is 5.35. The topological polar surface area (TPSA) is 85.1 Å². The third kappa shape index (κ3) is 3.49. The number of aromatic nitrogens is 1. The molecule has 0 bridgehead atoms. The van der Waals surface area contributed by atoms with E-state index in [9.17, 15) is 8.42 Å². The zero-order chi connectivity index (χ0) is 13.9. The second kappa shape index (κ2) is 6.85. The molecule has 2 unspecified atom stereocenters. The highest BCUT2D eigenvalue weighted by molar-refractivity contribution is 7.89. The number of hydrogen-bond donors (Lipinski definition) is 2. The molecule has 2 atom stereocenters. The second-order valence-corrected chi connectivity index (χ2v) is 6.98. The first-order valence-electron chi connectivity index (χ1n) is 6.64. The number of nitrogens with zero attached hydrogens (tertiary/aromatic N) is 1. The van der Waals surface area contributed by atoms with Gasteiger partial charge in [0.1, 0.15) is 4.90 Å². The number of pyridine rings is 1. The first-order chi connectivity index (χ1) is 9.00. The van der Waals surface area contributed by atoms with Crippen LogP contribution in [0.4, 0.5) is 0 Å². The minimum absolute atomic E-state index is 0. The van der Waals surface area contributed by atoms with Crippen molar-refractivity contribution >= 4 is 22.4 Å². The van der Waals surface area contributed by atoms with Gasteiger partial charge in [0.2, 0.25) is 10.0 Å². The Morgan fingerprint density at radius 3 is 2.80 bits per heavy atom. The highest BCUT2D eigenvalue weighted by Gasteiger charge is 2.40. The van der Waals surface area contributed by atoms with Gasteiger partial charge in [-0.3, -0.25) is 4.98 Å². The lowest BCUT2D eigenvalue weighted by atomic mass is 9.74. The van der Waals surface area contributed by atoms with Crippen molar-refractivity contribution in [1.29, 1.82) is 0 Å². The zero-order valence-corrected chi connectivity index (χ0v) is 13.2. The molecule has 1 aromatic rings. The molecule has 0 aromatic carbocycles. The van der Waals surface area contributed by atoms with Gasteiger partial charge in [-0.15, -0.1) is 12.4 Å². The Bertz CT molecular complexity index is 524. The number of hydrogen-bond acceptors (Lipinski definition) is 4. The Kier molecular flexibility index (Phi) is 5.94. The molecule has 1 saturated carbocycles. The summed E-state index contributed by atoms with van der Waals surface area (Å²) < 4.78 is 27.6. The van der Waals surface area contributed by atoms with E-state index >= 15 is 0 Å². The SMILES string of the molecule is CC1CCCCC1(CN)NS(=O)(=O)c1cccnc1.Cl. The van der Waals surface area contributed by atoms with E-state index < -0.39 is 15.6 Å². The van der Waals surface area contributed by atoms with Crippen molar-refractivity contribution in [3.05, 3.63) is 24.5 Å². The quantitative estimate of drug-likeness (QED) is 0.884. The molecule has 1 fully saturated rings. The molecule has 7 heteroatoms. The Labute approximate surface area is 126 Å². The van der Waals surface area contributed by atoms with E-state index in [1.807, 2.05) is 0 Å². The molecule has 1 aliphatic carbocycles. The summed E-state index contributed by atoms with van der Waals surface area (Å²) in [6, 6.07) is 3.17. The molecule has 1 aromatic heterocycles. The molecule has 0 aliphatic heterocycles. The van der Waals surface area contributed by atoms with Gasteiger partial charge in [-0.1, -0.05) is 19.8 Å². The van der Waals surface area contributed by atoms with Crippen LogP contribution in [-0.2, 0) is 10.0 Å². The van der Waals surface area contributed by atoms with Gasteiger partial charge in [0.15, 0.2) is 0 Å². The fourth-order valence-electron chi connectivity index (χ4n) is 2.74. The molecular weight excluding hydrogens is 298 g/mol. The number of nitrogens with two attached hydrogens (primary N) is 1. The largest absolute Gasteiger partial charge is 0.329 e. The monoisotopic (exact) mass is 319 g/mol. The van der Waals surface area contributed by atoms with E-state index in [1.54, 1.807) is 18.3 Å². The highest BCUT2D eigenvalue weighted by atomic mass is 35.5. The van der Waals surface area contributed by atoms with Crippen molar-refractivity contribution in [3.8, 4) is 0 Å². The molecule has 0 radical (unpaired) electrons. The molecule has 0 saturated heterocycles. The van der Waals surface area contributed by atoms with Crippen LogP contribution < -0.4 is 10.5 Å². The number of rotatable bonds is 4. The van der Waals surface area contributed by atoms with Gasteiger partial charge in [0.25, 0.3) is 0 Å². The van der Waals surface area contributed by atoms with Crippen LogP contribution in [-0.4, -0.2) is 25.5 Å². The summed E-state index contributed by atoms with van der Waals surface area (Å²) >= 11 is 0. The Hall–Kier alpha value is -0.690. The summed E-state index contributed by atoms with van der Waals surface area (Å²) in [6.07, 6.45) is 6.87. The lowest BCUT2D eigenvalue weighted by Crippen LogP contribution is -2.58. The number of sulfonamides is 1. The van der Waals surface area contributed by atoms with Crippen LogP contribution in [0.3, 0.4) is 0 Å². The van der Waals surface area contributed by atoms with Crippen molar-refractivity contribution in [3.63, 3.8) is 0 Å². The smallest absolute Gasteiger partial charge is 0.242 e. The average molecular weight is 320 g/mol. The van der Waals surface area contributed by atoms with Gasteiger partial charge in [0, 0.05) is 24.5 Å². The van der Waals surface area contributed by atoms with Gasteiger partial charge in [-0.25, -0.2) is 13.1 Å². The molecule has 3 N–H and O–H groups in total. The summed E-state index contributed by atoms with van der Waals surface area (Å²) in [5, 5.41) is 0. The molecule has 0 spiro atoms. The molecule has 2 rings (SSSR count). The molecule has 0 amide bonds. The van der Waals surface area contributed by atoms with Crippen LogP contribution in [0.1, 0.15) is 32.6 Å². The molecule has 5 nitrogen and oxygen atoms in total. The first-order valence-corrected chi connectivity index (χ1v) is 8.12. The highest BCUT2D eigenvalue weighted by Crippen LogP contribution is 2.34. The van der Waals surface area contributed by atoms with Crippen molar-refractivity contribution < 1.29 is 8.42 Å². The van der Waals surface area contributed by atoms with E-state index in [0.717, 1.165) is 25.7 Å². The number of halogens is 1. The summed E-state index contributed by atoms with van der Waals surface area (Å²) in [7, 11) is -3.56. The van der Waals surface area contributed by atoms with Crippen LogP contribution in [0.15, 0.2) is 29.4 Å². The second-order valence-electron chi connectivity index (χ2n) is 5.30. The molecular formula is C13H22ClN3O2S. The summed E-state index contributed by atoms with van der Waals surface area (Å²) in [5.74, 6) is 0.248. The maximum Gasteiger partial charge on any atom is 0.242 e. The molecule has 20 heavy (non-hydrogen) atoms. The van der Waals surface area contributed by atoms with Crippen molar-refractivity contribution in [1.82, 2.24) is 9.71 Å². The fraction of sp³-hybridized carbons (Fsp3) is 0.615. The zero-order valence-electron chi connectivity index (χ0n) is 11.6. The van der Waals surface area contributed by atoms with Crippen LogP contribution in [0, 0.1) is 5.92 Å². The Morgan fingerprint density at radius 1 is 1.50 bits per heavy atom. The van der Waals surface area contributed by atoms with Crippen molar-refractivity contribution in [2.75, 3.05) is 6.54 Å². The van der Waals surface area contributed by atoms with Crippen LogP contribution in [0.25, 0.3) is 0 Å². The Morgan fingerprint density at radius 2 is 2.25 bits per heavy atom. The minimum atomic E-state index is -3.56. The Balaban J connectivity index is 0.00000200. The van der Waals surface area contributed by atoms with Crippen molar-refractivity contribution in [2.45, 2.75) is 43.0 Å². The minimum Gasteiger partial charge on any atom is -0.329 e. The van der Waals surface area contributed by atoms with Gasteiger partial charge >= 0.3 is 0 Å². The number of nitrogens with one attached hydrogen (secondary N) is 1. The summed E-state index contributed by atoms with van der Waals surface area (Å²) in [6.45, 7) is 2.39. The normalized spacial score (nSPS) is 26.8. The van der Waals surface area contributed by atoms with Crippen LogP contribution in [0.2, 0.25) is 0 Å². The summed E-state index contributed by atoms with van der Waals surface area (Å²) in [4.78, 5) is 4.06. The predicted octanol–water partition coefficient (Wildman–Crippen LogP) is 1.69. The van der Waals surface area contributed by atoms with Gasteiger partial charge in [0.05, 0.1) is 0 Å². The molecule has 1 heterocycles. The van der Waals surface area contributed by atoms with Gasteiger partial charge < -0.3 is 5.73 Å². The first kappa shape index (κ1) is 17.4. The lowest BCUT2D eigenvalue weighted by molar-refractivity contribution is 0.191. The molecule has 114 valence electrons. The van der Waals surface area contributed by atoms with E-state index in [0.29, 0.717) is 6.54 Å². The van der Waals surface area contributed by atoms with Crippen LogP contribution >= 0.6 is 12.4 Å². The van der Waals surface area contributed by atoms with E-state index in [4.69, 9.17) is 5.73 Å². The standard InChI is InChI=1S/C13H21N3O2S.ClH/c1-11-5-2-3-7-13(11,10-14)16-19(17,18)12-6-4-8-15-9-12;/h4,6,8-9,11,16H,2-3,5,7,10,14H2,1H3;1H. The van der Waals surface area contributed by atoms with E-state index in [2.05, 4.69) is 16.6 Å². The average Bonchev–Trinajstić information content (AvgIpc) is 2.42. The third-order valence-electron chi connectivity index (χ3n) is 4.10. The third-order valence-corrected chi connectivity index (χ3v) is 5.64. The predicted molar refractivity (Wildman–Crippen MR) is 81.2 cm³/mol.